The van der Waals surface area contributed by atoms with Gasteiger partial charge in [-0.25, -0.2) is 13.2 Å². The number of nitrogens with one attached hydrogen (secondary N) is 2. The molecule has 0 unspecified atom stereocenters. The first-order chi connectivity index (χ1) is 21.2. The Kier molecular flexibility index (Phi) is 9.12. The molecule has 4 aromatic carbocycles. The summed E-state index contributed by atoms with van der Waals surface area (Å²) >= 11 is 0. The average molecular weight is 611 g/mol. The van der Waals surface area contributed by atoms with Crippen molar-refractivity contribution >= 4 is 50.2 Å². The second kappa shape index (κ2) is 13.2. The summed E-state index contributed by atoms with van der Waals surface area (Å²) in [5.41, 5.74) is 4.47. The van der Waals surface area contributed by atoms with E-state index >= 15 is 0 Å². The van der Waals surface area contributed by atoms with Gasteiger partial charge in [0.05, 0.1) is 39.7 Å². The maximum atomic E-state index is 13.6. The molecule has 9 nitrogen and oxygen atoms in total. The summed E-state index contributed by atoms with van der Waals surface area (Å²) in [5, 5.41) is 6.28. The van der Waals surface area contributed by atoms with Crippen LogP contribution in [0.25, 0.3) is 11.3 Å². The minimum Gasteiger partial charge on any atom is -0.462 e. The highest BCUT2D eigenvalue weighted by Gasteiger charge is 2.30. The van der Waals surface area contributed by atoms with Crippen molar-refractivity contribution in [3.05, 3.63) is 120 Å². The van der Waals surface area contributed by atoms with Gasteiger partial charge in [-0.3, -0.25) is 9.10 Å². The maximum Gasteiger partial charge on any atom is 0.338 e. The molecule has 44 heavy (non-hydrogen) atoms. The van der Waals surface area contributed by atoms with Gasteiger partial charge < -0.3 is 20.3 Å². The Morgan fingerprint density at radius 3 is 2.14 bits per heavy atom. The lowest BCUT2D eigenvalue weighted by molar-refractivity contribution is -0.110. The highest BCUT2D eigenvalue weighted by atomic mass is 32.2. The van der Waals surface area contributed by atoms with Crippen molar-refractivity contribution in [1.82, 2.24) is 4.90 Å². The molecule has 10 heteroatoms. The molecule has 0 saturated carbocycles. The standard InChI is InChI=1S/C34H34N4O5S/c1-4-43-34(40)25-15-20-29-30(23-25)36-33(39)31(29)32(24-11-7-5-8-12-24)35-26-16-18-27(19-17-26)38(22-21-37(2)3)44(41,42)28-13-9-6-10-14-28/h5-20,23,35H,4,21-22H2,1-3H3,(H,36,39)/b32-31-. The molecule has 0 saturated heterocycles. The number of ether oxygens (including phenoxy) is 1. The number of sulfonamides is 1. The van der Waals surface area contributed by atoms with Crippen LogP contribution in [0.4, 0.5) is 17.1 Å². The van der Waals surface area contributed by atoms with Crippen molar-refractivity contribution in [3.8, 4) is 0 Å². The summed E-state index contributed by atoms with van der Waals surface area (Å²) in [6.07, 6.45) is 0. The van der Waals surface area contributed by atoms with E-state index in [1.165, 1.54) is 4.31 Å². The number of hydrogen-bond donors (Lipinski definition) is 2. The van der Waals surface area contributed by atoms with E-state index in [4.69, 9.17) is 4.74 Å². The lowest BCUT2D eigenvalue weighted by atomic mass is 9.99. The molecule has 1 heterocycles. The van der Waals surface area contributed by atoms with Crippen LogP contribution in [-0.2, 0) is 19.6 Å². The largest absolute Gasteiger partial charge is 0.462 e. The lowest BCUT2D eigenvalue weighted by Crippen LogP contribution is -2.36. The Morgan fingerprint density at radius 1 is 0.841 bits per heavy atom. The number of fused-ring (bicyclic) bond motifs is 1. The molecule has 1 amide bonds. The molecule has 2 N–H and O–H groups in total. The SMILES string of the molecule is CCOC(=O)c1ccc2c(c1)NC(=O)/C2=C(\Nc1ccc(N(CCN(C)C)S(=O)(=O)c2ccccc2)cc1)c1ccccc1. The third-order valence-electron chi connectivity index (χ3n) is 7.09. The third kappa shape index (κ3) is 6.51. The number of esters is 1. The van der Waals surface area contributed by atoms with Crippen LogP contribution in [0, 0.1) is 0 Å². The van der Waals surface area contributed by atoms with Crippen molar-refractivity contribution in [2.24, 2.45) is 0 Å². The number of amides is 1. The molecule has 0 radical (unpaired) electrons. The van der Waals surface area contributed by atoms with Crippen LogP contribution >= 0.6 is 0 Å². The Hall–Kier alpha value is -4.93. The number of anilines is 3. The van der Waals surface area contributed by atoms with Crippen LogP contribution in [0.5, 0.6) is 0 Å². The minimum absolute atomic E-state index is 0.217. The van der Waals surface area contributed by atoms with Crippen molar-refractivity contribution in [2.45, 2.75) is 11.8 Å². The molecule has 5 rings (SSSR count). The Morgan fingerprint density at radius 2 is 1.50 bits per heavy atom. The number of rotatable bonds is 11. The average Bonchev–Trinajstić information content (AvgIpc) is 3.36. The molecule has 0 bridgehead atoms. The molecule has 0 spiro atoms. The van der Waals surface area contributed by atoms with Crippen LogP contribution in [0.2, 0.25) is 0 Å². The highest BCUT2D eigenvalue weighted by molar-refractivity contribution is 7.92. The lowest BCUT2D eigenvalue weighted by Gasteiger charge is -2.26. The first kappa shape index (κ1) is 30.5. The number of hydrogen-bond acceptors (Lipinski definition) is 7. The van der Waals surface area contributed by atoms with E-state index in [1.807, 2.05) is 49.3 Å². The molecule has 1 aliphatic rings. The van der Waals surface area contributed by atoms with Gasteiger partial charge in [-0.15, -0.1) is 0 Å². The fraction of sp³-hybridized carbons (Fsp3) is 0.176. The third-order valence-corrected chi connectivity index (χ3v) is 8.94. The van der Waals surface area contributed by atoms with Crippen LogP contribution in [0.15, 0.2) is 108 Å². The molecule has 0 atom stereocenters. The van der Waals surface area contributed by atoms with Crippen molar-refractivity contribution < 1.29 is 22.7 Å². The summed E-state index contributed by atoms with van der Waals surface area (Å²) in [4.78, 5) is 27.8. The number of benzene rings is 4. The predicted molar refractivity (Wildman–Crippen MR) is 174 cm³/mol. The quantitative estimate of drug-likeness (QED) is 0.169. The summed E-state index contributed by atoms with van der Waals surface area (Å²) in [6.45, 7) is 2.78. The predicted octanol–water partition coefficient (Wildman–Crippen LogP) is 5.55. The van der Waals surface area contributed by atoms with Gasteiger partial charge in [0.15, 0.2) is 0 Å². The van der Waals surface area contributed by atoms with Gasteiger partial charge >= 0.3 is 5.97 Å². The van der Waals surface area contributed by atoms with Crippen molar-refractivity contribution in [1.29, 1.82) is 0 Å². The fourth-order valence-corrected chi connectivity index (χ4v) is 6.38. The first-order valence-electron chi connectivity index (χ1n) is 14.2. The zero-order valence-electron chi connectivity index (χ0n) is 24.8. The number of carbonyl (C=O) groups is 2. The van der Waals surface area contributed by atoms with Crippen LogP contribution in [0.1, 0.15) is 28.4 Å². The van der Waals surface area contributed by atoms with Gasteiger partial charge in [-0.05, 0) is 75.1 Å². The van der Waals surface area contributed by atoms with E-state index in [0.29, 0.717) is 46.0 Å². The smallest absolute Gasteiger partial charge is 0.338 e. The number of nitrogens with zero attached hydrogens (tertiary/aromatic N) is 2. The van der Waals surface area contributed by atoms with Gasteiger partial charge in [0.1, 0.15) is 0 Å². The molecule has 0 fully saturated rings. The number of carbonyl (C=O) groups excluding carboxylic acids is 2. The van der Waals surface area contributed by atoms with Crippen LogP contribution in [0.3, 0.4) is 0 Å². The maximum absolute atomic E-state index is 13.6. The van der Waals surface area contributed by atoms with Crippen molar-refractivity contribution in [3.63, 3.8) is 0 Å². The first-order valence-corrected chi connectivity index (χ1v) is 15.6. The van der Waals surface area contributed by atoms with E-state index in [9.17, 15) is 18.0 Å². The Bertz CT molecular complexity index is 1790. The topological polar surface area (TPSA) is 108 Å². The molecule has 226 valence electrons. The van der Waals surface area contributed by atoms with E-state index in [-0.39, 0.29) is 24.0 Å². The van der Waals surface area contributed by atoms with E-state index in [2.05, 4.69) is 10.6 Å². The van der Waals surface area contributed by atoms with Crippen LogP contribution < -0.4 is 14.9 Å². The van der Waals surface area contributed by atoms with E-state index < -0.39 is 16.0 Å². The molecular formula is C34H34N4O5S. The zero-order chi connectivity index (χ0) is 31.3. The fourth-order valence-electron chi connectivity index (χ4n) is 4.90. The molecular weight excluding hydrogens is 576 g/mol. The van der Waals surface area contributed by atoms with Gasteiger partial charge in [0.2, 0.25) is 0 Å². The van der Waals surface area contributed by atoms with Gasteiger partial charge in [-0.1, -0.05) is 54.6 Å². The molecule has 4 aromatic rings. The second-order valence-corrected chi connectivity index (χ2v) is 12.3. The molecule has 1 aliphatic heterocycles. The molecule has 0 aliphatic carbocycles. The second-order valence-electron chi connectivity index (χ2n) is 10.4. The summed E-state index contributed by atoms with van der Waals surface area (Å²) in [6, 6.07) is 29.9. The zero-order valence-corrected chi connectivity index (χ0v) is 25.6. The number of likely N-dealkylation sites (N-methyl/N-ethyl adjacent to an activating group) is 1. The molecule has 0 aromatic heterocycles. The van der Waals surface area contributed by atoms with Crippen molar-refractivity contribution in [2.75, 3.05) is 48.7 Å². The van der Waals surface area contributed by atoms with Gasteiger partial charge in [-0.2, -0.15) is 0 Å². The summed E-state index contributed by atoms with van der Waals surface area (Å²) in [7, 11) is -0.0114. The van der Waals surface area contributed by atoms with Crippen LogP contribution in [-0.4, -0.2) is 59.0 Å². The van der Waals surface area contributed by atoms with Gasteiger partial charge in [0.25, 0.3) is 15.9 Å². The van der Waals surface area contributed by atoms with E-state index in [0.717, 1.165) is 5.56 Å². The summed E-state index contributed by atoms with van der Waals surface area (Å²) in [5.74, 6) is -0.773. The Labute approximate surface area is 257 Å². The summed E-state index contributed by atoms with van der Waals surface area (Å²) < 4.78 is 33.8. The highest BCUT2D eigenvalue weighted by Crippen LogP contribution is 2.38. The van der Waals surface area contributed by atoms with E-state index in [1.54, 1.807) is 79.7 Å². The Balaban J connectivity index is 1.52. The monoisotopic (exact) mass is 610 g/mol. The normalized spacial score (nSPS) is 13.7. The minimum atomic E-state index is -3.80. The van der Waals surface area contributed by atoms with Gasteiger partial charge in [0, 0.05) is 24.3 Å².